The highest BCUT2D eigenvalue weighted by Gasteiger charge is 2.18. The maximum Gasteiger partial charge on any atom is 0.0297 e. The fourth-order valence-corrected chi connectivity index (χ4v) is 2.53. The normalized spacial score (nSPS) is 13.7. The molecular weight excluding hydrogens is 218 g/mol. The van der Waals surface area contributed by atoms with Crippen LogP contribution in [0.2, 0.25) is 0 Å². The van der Waals surface area contributed by atoms with Gasteiger partial charge in [-0.1, -0.05) is 38.5 Å². The number of hydrogen-bond donors (Lipinski definition) is 1. The summed E-state index contributed by atoms with van der Waals surface area (Å²) in [6.07, 6.45) is 1.21. The van der Waals surface area contributed by atoms with Crippen LogP contribution in [0.1, 0.15) is 62.4 Å². The molecule has 0 aromatic heterocycles. The predicted molar refractivity (Wildman–Crippen MR) is 81.1 cm³/mol. The molecule has 0 saturated heterocycles. The van der Waals surface area contributed by atoms with Gasteiger partial charge in [0.1, 0.15) is 0 Å². The van der Waals surface area contributed by atoms with Crippen LogP contribution in [0, 0.1) is 26.2 Å². The van der Waals surface area contributed by atoms with E-state index in [9.17, 15) is 0 Å². The largest absolute Gasteiger partial charge is 0.310 e. The molecule has 0 fully saturated rings. The second kappa shape index (κ2) is 5.88. The van der Waals surface area contributed by atoms with Crippen LogP contribution in [0.25, 0.3) is 0 Å². The Morgan fingerprint density at radius 1 is 1.11 bits per heavy atom. The van der Waals surface area contributed by atoms with E-state index < -0.39 is 0 Å². The summed E-state index contributed by atoms with van der Waals surface area (Å²) in [7, 11) is 0. The van der Waals surface area contributed by atoms with Gasteiger partial charge in [-0.25, -0.2) is 0 Å². The zero-order chi connectivity index (χ0) is 13.9. The monoisotopic (exact) mass is 247 g/mol. The topological polar surface area (TPSA) is 12.0 Å². The standard InChI is InChI=1S/C17H29N/c1-8-17(6,7)11-18-15(5)16-13(3)9-12(2)10-14(16)4/h9-10,15,18H,8,11H2,1-7H3. The van der Waals surface area contributed by atoms with E-state index in [-0.39, 0.29) is 0 Å². The van der Waals surface area contributed by atoms with E-state index in [0.29, 0.717) is 11.5 Å². The first kappa shape index (κ1) is 15.2. The highest BCUT2D eigenvalue weighted by atomic mass is 14.9. The Balaban J connectivity index is 2.82. The van der Waals surface area contributed by atoms with E-state index in [2.05, 4.69) is 65.9 Å². The SMILES string of the molecule is CCC(C)(C)CNC(C)c1c(C)cc(C)cc1C. The van der Waals surface area contributed by atoms with Crippen LogP contribution in [0.4, 0.5) is 0 Å². The zero-order valence-corrected chi connectivity index (χ0v) is 13.1. The third-order valence-electron chi connectivity index (χ3n) is 4.01. The van der Waals surface area contributed by atoms with Crippen LogP contribution in [0.3, 0.4) is 0 Å². The van der Waals surface area contributed by atoms with Crippen molar-refractivity contribution in [3.05, 3.63) is 34.4 Å². The Kier molecular flexibility index (Phi) is 4.98. The van der Waals surface area contributed by atoms with Gasteiger partial charge in [0.25, 0.3) is 0 Å². The molecule has 0 aliphatic rings. The van der Waals surface area contributed by atoms with Crippen LogP contribution >= 0.6 is 0 Å². The summed E-state index contributed by atoms with van der Waals surface area (Å²) in [6.45, 7) is 16.9. The lowest BCUT2D eigenvalue weighted by molar-refractivity contribution is 0.313. The summed E-state index contributed by atoms with van der Waals surface area (Å²) in [5.41, 5.74) is 6.01. The first-order valence-electron chi connectivity index (χ1n) is 7.08. The molecule has 0 saturated carbocycles. The maximum atomic E-state index is 3.69. The quantitative estimate of drug-likeness (QED) is 0.795. The molecule has 102 valence electrons. The molecule has 18 heavy (non-hydrogen) atoms. The molecule has 1 N–H and O–H groups in total. The minimum Gasteiger partial charge on any atom is -0.310 e. The molecular formula is C17H29N. The third kappa shape index (κ3) is 3.84. The number of rotatable bonds is 5. The average Bonchev–Trinajstić information content (AvgIpc) is 2.25. The summed E-state index contributed by atoms with van der Waals surface area (Å²) in [5, 5.41) is 3.69. The van der Waals surface area contributed by atoms with Gasteiger partial charge in [-0.3, -0.25) is 0 Å². The maximum absolute atomic E-state index is 3.69. The van der Waals surface area contributed by atoms with Crippen molar-refractivity contribution in [3.8, 4) is 0 Å². The van der Waals surface area contributed by atoms with Gasteiger partial charge in [-0.2, -0.15) is 0 Å². The van der Waals surface area contributed by atoms with Crippen molar-refractivity contribution in [1.29, 1.82) is 0 Å². The van der Waals surface area contributed by atoms with Gasteiger partial charge in [0.2, 0.25) is 0 Å². The summed E-state index contributed by atoms with van der Waals surface area (Å²) in [4.78, 5) is 0. The number of aryl methyl sites for hydroxylation is 3. The van der Waals surface area contributed by atoms with E-state index in [1.165, 1.54) is 28.7 Å². The van der Waals surface area contributed by atoms with Crippen molar-refractivity contribution in [1.82, 2.24) is 5.32 Å². The predicted octanol–water partition coefficient (Wildman–Crippen LogP) is 4.70. The molecule has 0 bridgehead atoms. The van der Waals surface area contributed by atoms with Crippen molar-refractivity contribution >= 4 is 0 Å². The second-order valence-electron chi connectivity index (χ2n) is 6.43. The molecule has 1 aromatic carbocycles. The molecule has 0 aliphatic heterocycles. The Morgan fingerprint density at radius 2 is 1.61 bits per heavy atom. The Morgan fingerprint density at radius 3 is 2.06 bits per heavy atom. The van der Waals surface area contributed by atoms with Gasteiger partial charge in [-0.05, 0) is 56.2 Å². The second-order valence-corrected chi connectivity index (χ2v) is 6.43. The van der Waals surface area contributed by atoms with Crippen molar-refractivity contribution < 1.29 is 0 Å². The number of benzene rings is 1. The minimum absolute atomic E-state index is 0.376. The van der Waals surface area contributed by atoms with Crippen LogP contribution in [-0.4, -0.2) is 6.54 Å². The number of nitrogens with one attached hydrogen (secondary N) is 1. The van der Waals surface area contributed by atoms with E-state index in [0.717, 1.165) is 6.54 Å². The highest BCUT2D eigenvalue weighted by Crippen LogP contribution is 2.25. The smallest absolute Gasteiger partial charge is 0.0297 e. The van der Waals surface area contributed by atoms with Crippen molar-refractivity contribution in [2.45, 2.75) is 60.9 Å². The fraction of sp³-hybridized carbons (Fsp3) is 0.647. The van der Waals surface area contributed by atoms with Crippen LogP contribution in [-0.2, 0) is 0 Å². The third-order valence-corrected chi connectivity index (χ3v) is 4.01. The van der Waals surface area contributed by atoms with E-state index in [4.69, 9.17) is 0 Å². The van der Waals surface area contributed by atoms with E-state index >= 15 is 0 Å². The molecule has 0 amide bonds. The van der Waals surface area contributed by atoms with Crippen molar-refractivity contribution in [2.24, 2.45) is 5.41 Å². The molecule has 0 radical (unpaired) electrons. The fourth-order valence-electron chi connectivity index (χ4n) is 2.53. The lowest BCUT2D eigenvalue weighted by Gasteiger charge is -2.27. The lowest BCUT2D eigenvalue weighted by atomic mass is 9.89. The van der Waals surface area contributed by atoms with E-state index in [1.807, 2.05) is 0 Å². The lowest BCUT2D eigenvalue weighted by Crippen LogP contribution is -2.31. The summed E-state index contributed by atoms with van der Waals surface area (Å²) in [5.74, 6) is 0. The van der Waals surface area contributed by atoms with Gasteiger partial charge in [0, 0.05) is 12.6 Å². The summed E-state index contributed by atoms with van der Waals surface area (Å²) >= 11 is 0. The van der Waals surface area contributed by atoms with Crippen LogP contribution in [0.5, 0.6) is 0 Å². The van der Waals surface area contributed by atoms with Gasteiger partial charge >= 0.3 is 0 Å². The summed E-state index contributed by atoms with van der Waals surface area (Å²) in [6, 6.07) is 4.99. The number of hydrogen-bond acceptors (Lipinski definition) is 1. The van der Waals surface area contributed by atoms with E-state index in [1.54, 1.807) is 0 Å². The summed E-state index contributed by atoms with van der Waals surface area (Å²) < 4.78 is 0. The molecule has 1 atom stereocenters. The zero-order valence-electron chi connectivity index (χ0n) is 13.1. The van der Waals surface area contributed by atoms with Crippen molar-refractivity contribution in [3.63, 3.8) is 0 Å². The van der Waals surface area contributed by atoms with Crippen molar-refractivity contribution in [2.75, 3.05) is 6.54 Å². The first-order chi connectivity index (χ1) is 8.26. The van der Waals surface area contributed by atoms with Gasteiger partial charge in [-0.15, -0.1) is 0 Å². The molecule has 1 heteroatoms. The molecule has 1 nitrogen and oxygen atoms in total. The average molecular weight is 247 g/mol. The molecule has 1 aromatic rings. The molecule has 1 unspecified atom stereocenters. The molecule has 0 spiro atoms. The minimum atomic E-state index is 0.376. The Hall–Kier alpha value is -0.820. The first-order valence-corrected chi connectivity index (χ1v) is 7.08. The highest BCUT2D eigenvalue weighted by molar-refractivity contribution is 5.39. The van der Waals surface area contributed by atoms with Crippen LogP contribution < -0.4 is 5.32 Å². The van der Waals surface area contributed by atoms with Gasteiger partial charge in [0.15, 0.2) is 0 Å². The Bertz CT molecular complexity index is 381. The molecule has 0 aliphatic carbocycles. The van der Waals surface area contributed by atoms with Gasteiger partial charge < -0.3 is 5.32 Å². The van der Waals surface area contributed by atoms with Gasteiger partial charge in [0.05, 0.1) is 0 Å². The Labute approximate surface area is 113 Å². The van der Waals surface area contributed by atoms with Crippen LogP contribution in [0.15, 0.2) is 12.1 Å². The molecule has 1 rings (SSSR count). The molecule has 0 heterocycles.